The summed E-state index contributed by atoms with van der Waals surface area (Å²) in [5.41, 5.74) is 0. The Morgan fingerprint density at radius 1 is 1.53 bits per heavy atom. The van der Waals surface area contributed by atoms with Gasteiger partial charge in [-0.3, -0.25) is 0 Å². The second kappa shape index (κ2) is 4.74. The van der Waals surface area contributed by atoms with Gasteiger partial charge in [0.15, 0.2) is 6.29 Å². The molecule has 5 heteroatoms. The SMILES string of the molecule is CCOC(=O)c1ccc(C2OCCO2)s1. The van der Waals surface area contributed by atoms with Gasteiger partial charge in [-0.05, 0) is 19.1 Å². The van der Waals surface area contributed by atoms with E-state index in [2.05, 4.69) is 0 Å². The summed E-state index contributed by atoms with van der Waals surface area (Å²) in [4.78, 5) is 12.9. The van der Waals surface area contributed by atoms with E-state index < -0.39 is 0 Å². The van der Waals surface area contributed by atoms with Crippen LogP contribution in [0, 0.1) is 0 Å². The fourth-order valence-electron chi connectivity index (χ4n) is 1.31. The molecule has 2 rings (SSSR count). The summed E-state index contributed by atoms with van der Waals surface area (Å²) in [5.74, 6) is -0.285. The van der Waals surface area contributed by atoms with E-state index in [0.717, 1.165) is 4.88 Å². The zero-order valence-electron chi connectivity index (χ0n) is 8.39. The molecule has 0 amide bonds. The molecule has 0 aliphatic carbocycles. The molecular weight excluding hydrogens is 216 g/mol. The second-order valence-corrected chi connectivity index (χ2v) is 4.11. The van der Waals surface area contributed by atoms with Crippen molar-refractivity contribution < 1.29 is 19.0 Å². The molecule has 82 valence electrons. The zero-order valence-corrected chi connectivity index (χ0v) is 9.21. The van der Waals surface area contributed by atoms with Crippen LogP contribution in [-0.2, 0) is 14.2 Å². The summed E-state index contributed by atoms with van der Waals surface area (Å²) >= 11 is 1.35. The van der Waals surface area contributed by atoms with Crippen molar-refractivity contribution in [2.75, 3.05) is 19.8 Å². The number of carbonyl (C=O) groups excluding carboxylic acids is 1. The predicted molar refractivity (Wildman–Crippen MR) is 54.9 cm³/mol. The van der Waals surface area contributed by atoms with Crippen LogP contribution in [0.25, 0.3) is 0 Å². The highest BCUT2D eigenvalue weighted by Crippen LogP contribution is 2.29. The average Bonchev–Trinajstić information content (AvgIpc) is 2.89. The van der Waals surface area contributed by atoms with E-state index in [1.165, 1.54) is 11.3 Å². The number of esters is 1. The van der Waals surface area contributed by atoms with Crippen LogP contribution in [0.3, 0.4) is 0 Å². The standard InChI is InChI=1S/C10H12O4S/c1-2-12-9(11)7-3-4-8(15-7)10-13-5-6-14-10/h3-4,10H,2,5-6H2,1H3. The topological polar surface area (TPSA) is 44.8 Å². The van der Waals surface area contributed by atoms with Gasteiger partial charge in [-0.15, -0.1) is 11.3 Å². The first kappa shape index (κ1) is 10.6. The number of rotatable bonds is 3. The Morgan fingerprint density at radius 3 is 2.93 bits per heavy atom. The molecule has 1 aromatic rings. The maximum absolute atomic E-state index is 11.4. The molecule has 15 heavy (non-hydrogen) atoms. The van der Waals surface area contributed by atoms with E-state index in [1.54, 1.807) is 13.0 Å². The first-order valence-corrected chi connectivity index (χ1v) is 5.63. The maximum Gasteiger partial charge on any atom is 0.348 e. The number of ether oxygens (including phenoxy) is 3. The van der Waals surface area contributed by atoms with Gasteiger partial charge in [0, 0.05) is 0 Å². The third-order valence-electron chi connectivity index (χ3n) is 1.96. The number of hydrogen-bond acceptors (Lipinski definition) is 5. The highest BCUT2D eigenvalue weighted by Gasteiger charge is 2.21. The van der Waals surface area contributed by atoms with Crippen molar-refractivity contribution >= 4 is 17.3 Å². The lowest BCUT2D eigenvalue weighted by atomic mass is 10.4. The molecule has 2 heterocycles. The molecule has 1 aliphatic heterocycles. The maximum atomic E-state index is 11.4. The Bertz CT molecular complexity index is 341. The first-order valence-electron chi connectivity index (χ1n) is 4.81. The van der Waals surface area contributed by atoms with Gasteiger partial charge in [-0.25, -0.2) is 4.79 Å². The number of hydrogen-bond donors (Lipinski definition) is 0. The molecule has 1 aliphatic rings. The average molecular weight is 228 g/mol. The number of thiophene rings is 1. The molecule has 0 atom stereocenters. The Kier molecular flexibility index (Phi) is 3.35. The third kappa shape index (κ3) is 2.37. The summed E-state index contributed by atoms with van der Waals surface area (Å²) < 4.78 is 15.5. The second-order valence-electron chi connectivity index (χ2n) is 3.00. The van der Waals surface area contributed by atoms with E-state index in [4.69, 9.17) is 14.2 Å². The smallest absolute Gasteiger partial charge is 0.348 e. The zero-order chi connectivity index (χ0) is 10.7. The summed E-state index contributed by atoms with van der Waals surface area (Å²) in [5, 5.41) is 0. The first-order chi connectivity index (χ1) is 7.31. The predicted octanol–water partition coefficient (Wildman–Crippen LogP) is 1.97. The molecule has 1 aromatic heterocycles. The van der Waals surface area contributed by atoms with E-state index in [-0.39, 0.29) is 12.3 Å². The van der Waals surface area contributed by atoms with Gasteiger partial charge in [-0.1, -0.05) is 0 Å². The normalized spacial score (nSPS) is 16.9. The van der Waals surface area contributed by atoms with Crippen molar-refractivity contribution in [2.45, 2.75) is 13.2 Å². The van der Waals surface area contributed by atoms with Crippen LogP contribution < -0.4 is 0 Å². The van der Waals surface area contributed by atoms with Crippen molar-refractivity contribution in [2.24, 2.45) is 0 Å². The van der Waals surface area contributed by atoms with Gasteiger partial charge >= 0.3 is 5.97 Å². The van der Waals surface area contributed by atoms with Crippen molar-refractivity contribution in [3.05, 3.63) is 21.9 Å². The quantitative estimate of drug-likeness (QED) is 0.742. The van der Waals surface area contributed by atoms with Crippen LogP contribution >= 0.6 is 11.3 Å². The molecule has 0 saturated carbocycles. The van der Waals surface area contributed by atoms with Crippen molar-refractivity contribution in [1.29, 1.82) is 0 Å². The van der Waals surface area contributed by atoms with Crippen LogP contribution in [0.2, 0.25) is 0 Å². The van der Waals surface area contributed by atoms with Gasteiger partial charge in [0.2, 0.25) is 0 Å². The van der Waals surface area contributed by atoms with E-state index in [1.807, 2.05) is 6.07 Å². The van der Waals surface area contributed by atoms with Crippen LogP contribution in [-0.4, -0.2) is 25.8 Å². The highest BCUT2D eigenvalue weighted by atomic mass is 32.1. The van der Waals surface area contributed by atoms with E-state index in [0.29, 0.717) is 24.7 Å². The summed E-state index contributed by atoms with van der Waals surface area (Å²) in [7, 11) is 0. The molecule has 1 saturated heterocycles. The van der Waals surface area contributed by atoms with Crippen LogP contribution in [0.4, 0.5) is 0 Å². The Labute approximate surface area is 91.8 Å². The fourth-order valence-corrected chi connectivity index (χ4v) is 2.21. The molecular formula is C10H12O4S. The lowest BCUT2D eigenvalue weighted by Gasteiger charge is -2.04. The number of carbonyl (C=O) groups is 1. The van der Waals surface area contributed by atoms with Gasteiger partial charge in [0.05, 0.1) is 24.7 Å². The molecule has 4 nitrogen and oxygen atoms in total. The van der Waals surface area contributed by atoms with Gasteiger partial charge in [0.25, 0.3) is 0 Å². The minimum absolute atomic E-state index is 0.285. The molecule has 0 N–H and O–H groups in total. The van der Waals surface area contributed by atoms with Gasteiger partial charge in [0.1, 0.15) is 4.88 Å². The van der Waals surface area contributed by atoms with Crippen molar-refractivity contribution in [3.63, 3.8) is 0 Å². The molecule has 0 unspecified atom stereocenters. The molecule has 0 aromatic carbocycles. The monoisotopic (exact) mass is 228 g/mol. The summed E-state index contributed by atoms with van der Waals surface area (Å²) in [6.45, 7) is 3.40. The van der Waals surface area contributed by atoms with E-state index in [9.17, 15) is 4.79 Å². The molecule has 0 radical (unpaired) electrons. The molecule has 1 fully saturated rings. The van der Waals surface area contributed by atoms with Crippen LogP contribution in [0.15, 0.2) is 12.1 Å². The molecule has 0 bridgehead atoms. The fraction of sp³-hybridized carbons (Fsp3) is 0.500. The van der Waals surface area contributed by atoms with Crippen LogP contribution in [0.1, 0.15) is 27.8 Å². The lowest BCUT2D eigenvalue weighted by molar-refractivity contribution is -0.0413. The Balaban J connectivity index is 2.06. The van der Waals surface area contributed by atoms with Crippen molar-refractivity contribution in [1.82, 2.24) is 0 Å². The Hall–Kier alpha value is -0.910. The van der Waals surface area contributed by atoms with Gasteiger partial charge < -0.3 is 14.2 Å². The lowest BCUT2D eigenvalue weighted by Crippen LogP contribution is -2.01. The largest absolute Gasteiger partial charge is 0.462 e. The minimum atomic E-state index is -0.307. The minimum Gasteiger partial charge on any atom is -0.462 e. The molecule has 0 spiro atoms. The van der Waals surface area contributed by atoms with Gasteiger partial charge in [-0.2, -0.15) is 0 Å². The van der Waals surface area contributed by atoms with Crippen molar-refractivity contribution in [3.8, 4) is 0 Å². The Morgan fingerprint density at radius 2 is 2.27 bits per heavy atom. The highest BCUT2D eigenvalue weighted by molar-refractivity contribution is 7.14. The summed E-state index contributed by atoms with van der Waals surface area (Å²) in [6, 6.07) is 3.58. The van der Waals surface area contributed by atoms with Crippen LogP contribution in [0.5, 0.6) is 0 Å². The summed E-state index contributed by atoms with van der Waals surface area (Å²) in [6.07, 6.45) is -0.307. The van der Waals surface area contributed by atoms with E-state index >= 15 is 0 Å². The third-order valence-corrected chi connectivity index (χ3v) is 3.04.